The van der Waals surface area contributed by atoms with Crippen LogP contribution < -0.4 is 5.32 Å². The molecule has 1 saturated heterocycles. The first-order chi connectivity index (χ1) is 15.6. The SMILES string of the molecule is CC[C@H]1[C@@H](O)[C@H]2C3CC[C@H]([C@H](C)C[C@H]4SC(=O)NC4=O)[C@@]3(C)CCC2[C@@]2(C)CC[C@@H](O)C[C@@H]12. The van der Waals surface area contributed by atoms with Gasteiger partial charge in [-0.05, 0) is 104 Å². The van der Waals surface area contributed by atoms with Crippen LogP contribution in [0.15, 0.2) is 0 Å². The summed E-state index contributed by atoms with van der Waals surface area (Å²) >= 11 is 1.16. The Morgan fingerprint density at radius 2 is 1.73 bits per heavy atom. The van der Waals surface area contributed by atoms with Gasteiger partial charge in [-0.15, -0.1) is 0 Å². The third kappa shape index (κ3) is 3.64. The van der Waals surface area contributed by atoms with Crippen molar-refractivity contribution in [2.45, 2.75) is 103 Å². The highest BCUT2D eigenvalue weighted by Crippen LogP contribution is 2.69. The number of amides is 2. The molecule has 0 aromatic heterocycles. The molecule has 3 N–H and O–H groups in total. The van der Waals surface area contributed by atoms with Gasteiger partial charge in [0.15, 0.2) is 0 Å². The van der Waals surface area contributed by atoms with Gasteiger partial charge in [-0.3, -0.25) is 14.9 Å². The number of aliphatic hydroxyl groups excluding tert-OH is 2. The lowest BCUT2D eigenvalue weighted by Gasteiger charge is -2.64. The molecule has 4 aliphatic carbocycles. The zero-order valence-electron chi connectivity index (χ0n) is 20.8. The van der Waals surface area contributed by atoms with E-state index in [4.69, 9.17) is 0 Å². The second-order valence-electron chi connectivity index (χ2n) is 12.7. The largest absolute Gasteiger partial charge is 0.393 e. The Kier molecular flexibility index (Phi) is 6.22. The standard InChI is InChI=1S/C27H43NO4S/c1-5-16-20-13-15(29)8-10-27(20,4)19-9-11-26(3)17(6-7-18(26)22(19)23(16)30)14(2)12-21-24(31)28-25(32)33-21/h14-23,29-30H,5-13H2,1-4H3,(H,28,31,32)/t14-,15-,16-,17-,18?,19?,20+,21-,22+,23-,26-,27-/m1/s1. The summed E-state index contributed by atoms with van der Waals surface area (Å²) in [5.41, 5.74) is 0.425. The third-order valence-corrected chi connectivity index (χ3v) is 12.5. The van der Waals surface area contributed by atoms with Gasteiger partial charge in [0.05, 0.1) is 17.5 Å². The summed E-state index contributed by atoms with van der Waals surface area (Å²) in [6.45, 7) is 9.47. The van der Waals surface area contributed by atoms with Gasteiger partial charge in [0.2, 0.25) is 5.91 Å². The van der Waals surface area contributed by atoms with Crippen LogP contribution in [0, 0.1) is 52.3 Å². The van der Waals surface area contributed by atoms with Crippen LogP contribution in [0.4, 0.5) is 4.79 Å². The minimum Gasteiger partial charge on any atom is -0.393 e. The fraction of sp³-hybridized carbons (Fsp3) is 0.926. The van der Waals surface area contributed by atoms with Gasteiger partial charge in [-0.1, -0.05) is 45.9 Å². The topological polar surface area (TPSA) is 86.6 Å². The Hall–Kier alpha value is -0.590. The highest BCUT2D eigenvalue weighted by molar-refractivity contribution is 8.15. The van der Waals surface area contributed by atoms with Crippen molar-refractivity contribution in [3.8, 4) is 0 Å². The molecule has 0 aromatic rings. The Labute approximate surface area is 203 Å². The van der Waals surface area contributed by atoms with Crippen LogP contribution in [0.25, 0.3) is 0 Å². The fourth-order valence-electron chi connectivity index (χ4n) is 9.98. The Bertz CT molecular complexity index is 805. The van der Waals surface area contributed by atoms with E-state index in [9.17, 15) is 19.8 Å². The summed E-state index contributed by atoms with van der Waals surface area (Å²) in [6, 6.07) is 0. The van der Waals surface area contributed by atoms with Gasteiger partial charge < -0.3 is 10.2 Å². The van der Waals surface area contributed by atoms with Crippen LogP contribution in [0.1, 0.15) is 85.5 Å². The molecular formula is C27H43NO4S. The first-order valence-electron chi connectivity index (χ1n) is 13.5. The zero-order valence-corrected chi connectivity index (χ0v) is 21.6. The van der Waals surface area contributed by atoms with E-state index >= 15 is 0 Å². The number of imide groups is 1. The van der Waals surface area contributed by atoms with E-state index in [-0.39, 0.29) is 45.4 Å². The predicted molar refractivity (Wildman–Crippen MR) is 130 cm³/mol. The highest BCUT2D eigenvalue weighted by atomic mass is 32.2. The number of nitrogens with one attached hydrogen (secondary N) is 1. The minimum atomic E-state index is -0.268. The van der Waals surface area contributed by atoms with Crippen molar-refractivity contribution in [2.75, 3.05) is 0 Å². The molecule has 5 rings (SSSR count). The number of rotatable bonds is 4. The van der Waals surface area contributed by atoms with Crippen LogP contribution in [-0.2, 0) is 4.79 Å². The van der Waals surface area contributed by atoms with E-state index in [1.807, 2.05) is 0 Å². The first kappa shape index (κ1) is 24.1. The summed E-state index contributed by atoms with van der Waals surface area (Å²) in [5, 5.41) is 24.3. The van der Waals surface area contributed by atoms with Crippen molar-refractivity contribution >= 4 is 22.9 Å². The average Bonchev–Trinajstić information content (AvgIpc) is 3.27. The normalized spacial score (nSPS) is 52.6. The van der Waals surface area contributed by atoms with Gasteiger partial charge in [0, 0.05) is 0 Å². The lowest BCUT2D eigenvalue weighted by Crippen LogP contribution is -2.62. The van der Waals surface area contributed by atoms with Gasteiger partial charge in [0.1, 0.15) is 0 Å². The molecule has 0 bridgehead atoms. The molecule has 2 amide bonds. The highest BCUT2D eigenvalue weighted by Gasteiger charge is 2.65. The minimum absolute atomic E-state index is 0.118. The molecule has 2 unspecified atom stereocenters. The van der Waals surface area contributed by atoms with Crippen molar-refractivity contribution in [3.05, 3.63) is 0 Å². The van der Waals surface area contributed by atoms with Crippen molar-refractivity contribution in [3.63, 3.8) is 0 Å². The summed E-state index contributed by atoms with van der Waals surface area (Å²) in [5.74, 6) is 2.96. The molecule has 0 radical (unpaired) electrons. The van der Waals surface area contributed by atoms with Crippen molar-refractivity contribution in [1.29, 1.82) is 0 Å². The van der Waals surface area contributed by atoms with Gasteiger partial charge in [-0.25, -0.2) is 0 Å². The molecule has 0 spiro atoms. The van der Waals surface area contributed by atoms with Crippen molar-refractivity contribution < 1.29 is 19.8 Å². The molecule has 1 aliphatic heterocycles. The number of hydrogen-bond donors (Lipinski definition) is 3. The molecule has 6 heteroatoms. The van der Waals surface area contributed by atoms with Crippen LogP contribution in [0.5, 0.6) is 0 Å². The van der Waals surface area contributed by atoms with E-state index in [1.165, 1.54) is 25.7 Å². The monoisotopic (exact) mass is 477 g/mol. The summed E-state index contributed by atoms with van der Waals surface area (Å²) in [6.07, 6.45) is 8.85. The molecule has 5 nitrogen and oxygen atoms in total. The van der Waals surface area contributed by atoms with E-state index in [2.05, 4.69) is 33.0 Å². The van der Waals surface area contributed by atoms with Crippen LogP contribution >= 0.6 is 11.8 Å². The quantitative estimate of drug-likeness (QED) is 0.531. The number of aliphatic hydroxyl groups is 2. The number of hydrogen-bond acceptors (Lipinski definition) is 5. The fourth-order valence-corrected chi connectivity index (χ4v) is 11.0. The maximum Gasteiger partial charge on any atom is 0.286 e. The van der Waals surface area contributed by atoms with Gasteiger partial charge >= 0.3 is 0 Å². The van der Waals surface area contributed by atoms with Crippen LogP contribution in [0.2, 0.25) is 0 Å². The molecule has 5 fully saturated rings. The van der Waals surface area contributed by atoms with Crippen molar-refractivity contribution in [1.82, 2.24) is 5.32 Å². The molecular weight excluding hydrogens is 434 g/mol. The Morgan fingerprint density at radius 3 is 2.39 bits per heavy atom. The van der Waals surface area contributed by atoms with E-state index in [0.29, 0.717) is 35.5 Å². The molecule has 33 heavy (non-hydrogen) atoms. The second kappa shape index (κ2) is 8.51. The predicted octanol–water partition coefficient (Wildman–Crippen LogP) is 4.99. The lowest BCUT2D eigenvalue weighted by atomic mass is 9.41. The number of fused-ring (bicyclic) bond motifs is 5. The summed E-state index contributed by atoms with van der Waals surface area (Å²) < 4.78 is 0. The number of thioether (sulfide) groups is 1. The van der Waals surface area contributed by atoms with E-state index < -0.39 is 0 Å². The Balaban J connectivity index is 1.39. The van der Waals surface area contributed by atoms with Crippen LogP contribution in [0.3, 0.4) is 0 Å². The van der Waals surface area contributed by atoms with E-state index in [0.717, 1.165) is 43.9 Å². The van der Waals surface area contributed by atoms with E-state index in [1.54, 1.807) is 0 Å². The average molecular weight is 478 g/mol. The van der Waals surface area contributed by atoms with Gasteiger partial charge in [0.25, 0.3) is 5.24 Å². The first-order valence-corrected chi connectivity index (χ1v) is 14.4. The molecule has 5 aliphatic rings. The lowest BCUT2D eigenvalue weighted by molar-refractivity contribution is -0.203. The second-order valence-corrected chi connectivity index (χ2v) is 13.9. The molecule has 1 heterocycles. The van der Waals surface area contributed by atoms with Crippen LogP contribution in [-0.4, -0.2) is 38.8 Å². The zero-order chi connectivity index (χ0) is 23.7. The molecule has 12 atom stereocenters. The number of carbonyl (C=O) groups is 2. The third-order valence-electron chi connectivity index (χ3n) is 11.5. The Morgan fingerprint density at radius 1 is 1.03 bits per heavy atom. The van der Waals surface area contributed by atoms with Gasteiger partial charge in [-0.2, -0.15) is 0 Å². The maximum atomic E-state index is 12.2. The molecule has 4 saturated carbocycles. The molecule has 0 aromatic carbocycles. The van der Waals surface area contributed by atoms with Crippen molar-refractivity contribution in [2.24, 2.45) is 52.3 Å². The maximum absolute atomic E-state index is 12.2. The molecule has 186 valence electrons. The smallest absolute Gasteiger partial charge is 0.286 e. The summed E-state index contributed by atoms with van der Waals surface area (Å²) in [4.78, 5) is 23.9. The number of carbonyl (C=O) groups excluding carboxylic acids is 2. The summed E-state index contributed by atoms with van der Waals surface area (Å²) in [7, 11) is 0.